The zero-order chi connectivity index (χ0) is 19.2. The number of carboxylic acid groups (broad SMARTS) is 1. The van der Waals surface area contributed by atoms with Crippen LogP contribution in [0, 0.1) is 5.92 Å². The molecule has 1 N–H and O–H groups in total. The molecule has 7 heteroatoms. The van der Waals surface area contributed by atoms with Crippen molar-refractivity contribution < 1.29 is 19.4 Å². The van der Waals surface area contributed by atoms with Gasteiger partial charge in [0.25, 0.3) is 5.91 Å². The standard InChI is InChI=1S/C20H24N2O4S/c1-26-13-16-21-18(19(27-16)15-7-3-2-4-8-15)20(25)22-11-5-6-14(12-22)9-10-17(23)24/h2-4,7-8,14H,5-6,9-13H2,1H3,(H,23,24). The monoisotopic (exact) mass is 388 g/mol. The Morgan fingerprint density at radius 3 is 2.81 bits per heavy atom. The van der Waals surface area contributed by atoms with Crippen molar-refractivity contribution >= 4 is 23.2 Å². The normalized spacial score (nSPS) is 17.1. The quantitative estimate of drug-likeness (QED) is 0.783. The number of likely N-dealkylation sites (tertiary alicyclic amines) is 1. The fraction of sp³-hybridized carbons (Fsp3) is 0.450. The molecule has 0 spiro atoms. The van der Waals surface area contributed by atoms with Gasteiger partial charge in [0, 0.05) is 26.6 Å². The van der Waals surface area contributed by atoms with Crippen molar-refractivity contribution in [1.29, 1.82) is 0 Å². The van der Waals surface area contributed by atoms with Crippen molar-refractivity contribution in [3.05, 3.63) is 41.0 Å². The second kappa shape index (κ2) is 9.10. The van der Waals surface area contributed by atoms with E-state index in [0.717, 1.165) is 28.3 Å². The van der Waals surface area contributed by atoms with Crippen LogP contribution in [0.3, 0.4) is 0 Å². The third kappa shape index (κ3) is 4.93. The summed E-state index contributed by atoms with van der Waals surface area (Å²) in [5, 5.41) is 9.69. The molecule has 0 saturated carbocycles. The molecular formula is C20H24N2O4S. The number of hydrogen-bond acceptors (Lipinski definition) is 5. The largest absolute Gasteiger partial charge is 0.481 e. The van der Waals surface area contributed by atoms with Crippen LogP contribution in [-0.2, 0) is 16.1 Å². The molecule has 1 aromatic heterocycles. The van der Waals surface area contributed by atoms with E-state index in [2.05, 4.69) is 4.98 Å². The number of carbonyl (C=O) groups is 2. The molecule has 0 radical (unpaired) electrons. The summed E-state index contributed by atoms with van der Waals surface area (Å²) in [6.07, 6.45) is 2.62. The van der Waals surface area contributed by atoms with Gasteiger partial charge in [0.15, 0.2) is 0 Å². The molecule has 27 heavy (non-hydrogen) atoms. The third-order valence-corrected chi connectivity index (χ3v) is 5.83. The fourth-order valence-corrected chi connectivity index (χ4v) is 4.48. The number of nitrogens with zero attached hydrogens (tertiary/aromatic N) is 2. The lowest BCUT2D eigenvalue weighted by molar-refractivity contribution is -0.137. The van der Waals surface area contributed by atoms with Gasteiger partial charge in [0.1, 0.15) is 10.7 Å². The van der Waals surface area contributed by atoms with E-state index in [1.165, 1.54) is 11.3 Å². The van der Waals surface area contributed by atoms with Crippen molar-refractivity contribution in [1.82, 2.24) is 9.88 Å². The minimum Gasteiger partial charge on any atom is -0.481 e. The van der Waals surface area contributed by atoms with Crippen LogP contribution in [-0.4, -0.2) is 47.1 Å². The van der Waals surface area contributed by atoms with Crippen LogP contribution in [0.5, 0.6) is 0 Å². The van der Waals surface area contributed by atoms with E-state index in [4.69, 9.17) is 9.84 Å². The number of hydrogen-bond donors (Lipinski definition) is 1. The number of benzene rings is 1. The van der Waals surface area contributed by atoms with Crippen LogP contribution in [0.25, 0.3) is 10.4 Å². The summed E-state index contributed by atoms with van der Waals surface area (Å²) in [4.78, 5) is 31.3. The number of aliphatic carboxylic acids is 1. The molecule has 0 bridgehead atoms. The van der Waals surface area contributed by atoms with Crippen molar-refractivity contribution in [2.45, 2.75) is 32.3 Å². The van der Waals surface area contributed by atoms with Crippen molar-refractivity contribution in [2.75, 3.05) is 20.2 Å². The Hall–Kier alpha value is -2.25. The Balaban J connectivity index is 1.82. The van der Waals surface area contributed by atoms with Gasteiger partial charge in [-0.1, -0.05) is 30.3 Å². The number of rotatable bonds is 7. The highest BCUT2D eigenvalue weighted by molar-refractivity contribution is 7.15. The first-order chi connectivity index (χ1) is 13.1. The second-order valence-corrected chi connectivity index (χ2v) is 7.86. The molecule has 2 aromatic rings. The van der Waals surface area contributed by atoms with Crippen LogP contribution in [0.2, 0.25) is 0 Å². The van der Waals surface area contributed by atoms with Crippen LogP contribution in [0.4, 0.5) is 0 Å². The average Bonchev–Trinajstić information content (AvgIpc) is 3.11. The Bertz CT molecular complexity index is 791. The highest BCUT2D eigenvalue weighted by atomic mass is 32.1. The summed E-state index contributed by atoms with van der Waals surface area (Å²) in [7, 11) is 1.61. The van der Waals surface area contributed by atoms with E-state index in [1.807, 2.05) is 35.2 Å². The lowest BCUT2D eigenvalue weighted by Gasteiger charge is -2.32. The van der Waals surface area contributed by atoms with E-state index in [0.29, 0.717) is 31.8 Å². The predicted molar refractivity (Wildman–Crippen MR) is 104 cm³/mol. The molecule has 1 atom stereocenters. The summed E-state index contributed by atoms with van der Waals surface area (Å²) in [6.45, 7) is 1.66. The van der Waals surface area contributed by atoms with E-state index < -0.39 is 5.97 Å². The zero-order valence-corrected chi connectivity index (χ0v) is 16.2. The van der Waals surface area contributed by atoms with E-state index in [1.54, 1.807) is 7.11 Å². The van der Waals surface area contributed by atoms with Gasteiger partial charge in [-0.25, -0.2) is 4.98 Å². The molecule has 1 unspecified atom stereocenters. The van der Waals surface area contributed by atoms with Crippen molar-refractivity contribution in [3.63, 3.8) is 0 Å². The Morgan fingerprint density at radius 2 is 2.11 bits per heavy atom. The summed E-state index contributed by atoms with van der Waals surface area (Å²) in [5.41, 5.74) is 1.44. The average molecular weight is 388 g/mol. The molecular weight excluding hydrogens is 364 g/mol. The highest BCUT2D eigenvalue weighted by Crippen LogP contribution is 2.32. The van der Waals surface area contributed by atoms with Gasteiger partial charge >= 0.3 is 5.97 Å². The number of aromatic nitrogens is 1. The molecule has 3 rings (SSSR count). The molecule has 1 aliphatic heterocycles. The van der Waals surface area contributed by atoms with Crippen molar-refractivity contribution in [3.8, 4) is 10.4 Å². The van der Waals surface area contributed by atoms with E-state index in [-0.39, 0.29) is 18.2 Å². The highest BCUT2D eigenvalue weighted by Gasteiger charge is 2.28. The molecule has 1 saturated heterocycles. The maximum atomic E-state index is 13.2. The first-order valence-electron chi connectivity index (χ1n) is 9.13. The lowest BCUT2D eigenvalue weighted by atomic mass is 9.93. The second-order valence-electron chi connectivity index (χ2n) is 6.78. The number of amides is 1. The number of carboxylic acids is 1. The third-order valence-electron chi connectivity index (χ3n) is 4.75. The van der Waals surface area contributed by atoms with E-state index >= 15 is 0 Å². The molecule has 0 aliphatic carbocycles. The minimum atomic E-state index is -0.784. The zero-order valence-electron chi connectivity index (χ0n) is 15.4. The molecule has 1 fully saturated rings. The maximum absolute atomic E-state index is 13.2. The van der Waals surface area contributed by atoms with Gasteiger partial charge in [-0.3, -0.25) is 9.59 Å². The van der Waals surface area contributed by atoms with Gasteiger partial charge in [-0.05, 0) is 30.7 Å². The van der Waals surface area contributed by atoms with Gasteiger partial charge < -0.3 is 14.7 Å². The number of methoxy groups -OCH3 is 1. The van der Waals surface area contributed by atoms with Gasteiger partial charge in [-0.15, -0.1) is 11.3 Å². The SMILES string of the molecule is COCc1nc(C(=O)N2CCCC(CCC(=O)O)C2)c(-c2ccccc2)s1. The molecule has 1 aliphatic rings. The van der Waals surface area contributed by atoms with Crippen molar-refractivity contribution in [2.24, 2.45) is 5.92 Å². The van der Waals surface area contributed by atoms with Crippen LogP contribution in [0.1, 0.15) is 41.2 Å². The Morgan fingerprint density at radius 1 is 1.33 bits per heavy atom. The molecule has 1 amide bonds. The van der Waals surface area contributed by atoms with Gasteiger partial charge in [-0.2, -0.15) is 0 Å². The van der Waals surface area contributed by atoms with Gasteiger partial charge in [0.05, 0.1) is 11.5 Å². The number of piperidine rings is 1. The summed E-state index contributed by atoms with van der Waals surface area (Å²) < 4.78 is 5.20. The van der Waals surface area contributed by atoms with Gasteiger partial charge in [0.2, 0.25) is 0 Å². The first-order valence-corrected chi connectivity index (χ1v) is 9.95. The predicted octanol–water partition coefficient (Wildman–Crippen LogP) is 3.67. The number of thiazole rings is 1. The van der Waals surface area contributed by atoms with Crippen LogP contribution < -0.4 is 0 Å². The summed E-state index contributed by atoms with van der Waals surface area (Å²) in [5.74, 6) is -0.628. The minimum absolute atomic E-state index is 0.0764. The summed E-state index contributed by atoms with van der Waals surface area (Å²) >= 11 is 1.48. The first kappa shape index (κ1) is 19.5. The maximum Gasteiger partial charge on any atom is 0.303 e. The number of carbonyl (C=O) groups excluding carboxylic acids is 1. The fourth-order valence-electron chi connectivity index (χ4n) is 3.44. The Kier molecular flexibility index (Phi) is 6.58. The van der Waals surface area contributed by atoms with Crippen LogP contribution in [0.15, 0.2) is 30.3 Å². The molecule has 2 heterocycles. The Labute approximate surface area is 162 Å². The van der Waals surface area contributed by atoms with E-state index in [9.17, 15) is 9.59 Å². The molecule has 144 valence electrons. The molecule has 6 nitrogen and oxygen atoms in total. The molecule has 1 aromatic carbocycles. The number of ether oxygens (including phenoxy) is 1. The topological polar surface area (TPSA) is 79.7 Å². The lowest BCUT2D eigenvalue weighted by Crippen LogP contribution is -2.40. The van der Waals surface area contributed by atoms with Crippen LogP contribution >= 0.6 is 11.3 Å². The smallest absolute Gasteiger partial charge is 0.303 e. The summed E-state index contributed by atoms with van der Waals surface area (Å²) in [6, 6.07) is 9.80.